The fraction of sp³-hybridized carbons (Fsp3) is 0.409. The normalized spacial score (nSPS) is 14.3. The topological polar surface area (TPSA) is 44.4 Å². The van der Waals surface area contributed by atoms with Crippen LogP contribution < -0.4 is 15.5 Å². The summed E-state index contributed by atoms with van der Waals surface area (Å²) in [4.78, 5) is 14.7. The van der Waals surface area contributed by atoms with Crippen molar-refractivity contribution < 1.29 is 4.79 Å². The summed E-state index contributed by atoms with van der Waals surface area (Å²) in [5.41, 5.74) is 4.34. The average molecular weight is 351 g/mol. The molecule has 1 fully saturated rings. The second-order valence-electron chi connectivity index (χ2n) is 7.24. The number of piperidine rings is 1. The summed E-state index contributed by atoms with van der Waals surface area (Å²) < 4.78 is 0. The fourth-order valence-corrected chi connectivity index (χ4v) is 3.45. The molecule has 0 unspecified atom stereocenters. The fourth-order valence-electron chi connectivity index (χ4n) is 3.45. The molecule has 1 amide bonds. The third-order valence-corrected chi connectivity index (χ3v) is 4.89. The Morgan fingerprint density at radius 2 is 1.69 bits per heavy atom. The van der Waals surface area contributed by atoms with E-state index in [2.05, 4.69) is 47.6 Å². The Balaban J connectivity index is 1.53. The molecule has 0 spiro atoms. The number of hydrogen-bond acceptors (Lipinski definition) is 3. The average Bonchev–Trinajstić information content (AvgIpc) is 2.68. The Labute approximate surface area is 156 Å². The molecule has 138 valence electrons. The monoisotopic (exact) mass is 351 g/mol. The van der Waals surface area contributed by atoms with Crippen LogP contribution in [-0.4, -0.2) is 25.5 Å². The summed E-state index contributed by atoms with van der Waals surface area (Å²) in [5, 5.41) is 6.23. The molecule has 1 aliphatic rings. The van der Waals surface area contributed by atoms with Gasteiger partial charge in [-0.1, -0.05) is 32.0 Å². The first-order chi connectivity index (χ1) is 12.6. The van der Waals surface area contributed by atoms with Crippen LogP contribution in [0.3, 0.4) is 0 Å². The number of benzene rings is 2. The zero-order valence-corrected chi connectivity index (χ0v) is 15.8. The number of amides is 1. The highest BCUT2D eigenvalue weighted by Gasteiger charge is 2.11. The molecule has 1 saturated heterocycles. The van der Waals surface area contributed by atoms with Crippen molar-refractivity contribution in [2.75, 3.05) is 35.2 Å². The Morgan fingerprint density at radius 3 is 2.38 bits per heavy atom. The Bertz CT molecular complexity index is 718. The number of rotatable bonds is 6. The van der Waals surface area contributed by atoms with Gasteiger partial charge in [-0.05, 0) is 61.1 Å². The van der Waals surface area contributed by atoms with Crippen LogP contribution in [0.25, 0.3) is 0 Å². The predicted octanol–water partition coefficient (Wildman–Crippen LogP) is 4.85. The highest BCUT2D eigenvalue weighted by Crippen LogP contribution is 2.24. The first kappa shape index (κ1) is 18.3. The first-order valence-electron chi connectivity index (χ1n) is 9.61. The van der Waals surface area contributed by atoms with Crippen LogP contribution in [-0.2, 0) is 4.79 Å². The molecular formula is C22H29N3O. The van der Waals surface area contributed by atoms with Gasteiger partial charge in [0.1, 0.15) is 0 Å². The lowest BCUT2D eigenvalue weighted by molar-refractivity contribution is -0.114. The van der Waals surface area contributed by atoms with E-state index >= 15 is 0 Å². The minimum atomic E-state index is -0.0331. The molecule has 2 aromatic rings. The molecule has 3 rings (SSSR count). The molecule has 2 aromatic carbocycles. The van der Waals surface area contributed by atoms with Crippen molar-refractivity contribution in [3.8, 4) is 0 Å². The third-order valence-electron chi connectivity index (χ3n) is 4.89. The molecule has 0 aliphatic carbocycles. The van der Waals surface area contributed by atoms with Crippen molar-refractivity contribution >= 4 is 23.0 Å². The van der Waals surface area contributed by atoms with E-state index in [1.54, 1.807) is 0 Å². The van der Waals surface area contributed by atoms with Gasteiger partial charge in [-0.15, -0.1) is 0 Å². The van der Waals surface area contributed by atoms with Crippen LogP contribution in [0.1, 0.15) is 44.6 Å². The van der Waals surface area contributed by atoms with Gasteiger partial charge < -0.3 is 15.5 Å². The van der Waals surface area contributed by atoms with E-state index < -0.39 is 0 Å². The van der Waals surface area contributed by atoms with Crippen molar-refractivity contribution in [2.45, 2.75) is 39.0 Å². The van der Waals surface area contributed by atoms with Crippen LogP contribution >= 0.6 is 0 Å². The molecule has 0 aromatic heterocycles. The Hall–Kier alpha value is -2.49. The maximum Gasteiger partial charge on any atom is 0.243 e. The van der Waals surface area contributed by atoms with Crippen LogP contribution in [0.5, 0.6) is 0 Å². The summed E-state index contributed by atoms with van der Waals surface area (Å²) in [6, 6.07) is 16.3. The minimum Gasteiger partial charge on any atom is -0.376 e. The third kappa shape index (κ3) is 4.78. The number of carbonyl (C=O) groups excluding carboxylic acids is 1. The molecule has 1 aliphatic heterocycles. The van der Waals surface area contributed by atoms with Gasteiger partial charge >= 0.3 is 0 Å². The number of hydrogen-bond donors (Lipinski definition) is 2. The quantitative estimate of drug-likeness (QED) is 0.782. The largest absolute Gasteiger partial charge is 0.376 e. The van der Waals surface area contributed by atoms with Gasteiger partial charge in [-0.25, -0.2) is 0 Å². The summed E-state index contributed by atoms with van der Waals surface area (Å²) >= 11 is 0. The lowest BCUT2D eigenvalue weighted by atomic mass is 10.0. The number of carbonyl (C=O) groups is 1. The van der Waals surface area contributed by atoms with Crippen LogP contribution in [0.15, 0.2) is 48.5 Å². The molecule has 0 radical (unpaired) electrons. The van der Waals surface area contributed by atoms with Gasteiger partial charge in [0.2, 0.25) is 5.91 Å². The first-order valence-corrected chi connectivity index (χ1v) is 9.61. The van der Waals surface area contributed by atoms with Gasteiger partial charge in [0.25, 0.3) is 0 Å². The molecule has 2 N–H and O–H groups in total. The molecule has 0 bridgehead atoms. The molecular weight excluding hydrogens is 322 g/mol. The van der Waals surface area contributed by atoms with Gasteiger partial charge in [0.05, 0.1) is 6.54 Å². The Morgan fingerprint density at radius 1 is 1.00 bits per heavy atom. The van der Waals surface area contributed by atoms with Crippen molar-refractivity contribution in [3.05, 3.63) is 54.1 Å². The standard InChI is InChI=1S/C22H29N3O/c1-17(2)20-8-4-5-9-21(20)23-16-22(26)24-18-10-12-19(13-11-18)25-14-6-3-7-15-25/h4-5,8-13,17,23H,3,6-7,14-16H2,1-2H3,(H,24,26). The lowest BCUT2D eigenvalue weighted by Crippen LogP contribution is -2.29. The van der Waals surface area contributed by atoms with Crippen LogP contribution in [0, 0.1) is 0 Å². The van der Waals surface area contributed by atoms with Gasteiger partial charge in [0.15, 0.2) is 0 Å². The van der Waals surface area contributed by atoms with Crippen LogP contribution in [0.2, 0.25) is 0 Å². The SMILES string of the molecule is CC(C)c1ccccc1NCC(=O)Nc1ccc(N2CCCCC2)cc1. The molecule has 1 heterocycles. The molecule has 26 heavy (non-hydrogen) atoms. The highest BCUT2D eigenvalue weighted by atomic mass is 16.1. The molecule has 0 saturated carbocycles. The van der Waals surface area contributed by atoms with E-state index in [-0.39, 0.29) is 12.5 Å². The highest BCUT2D eigenvalue weighted by molar-refractivity contribution is 5.94. The summed E-state index contributed by atoms with van der Waals surface area (Å²) in [7, 11) is 0. The zero-order valence-electron chi connectivity index (χ0n) is 15.8. The number of nitrogens with zero attached hydrogens (tertiary/aromatic N) is 1. The van der Waals surface area contributed by atoms with E-state index in [4.69, 9.17) is 0 Å². The zero-order chi connectivity index (χ0) is 18.4. The second-order valence-corrected chi connectivity index (χ2v) is 7.24. The van der Waals surface area contributed by atoms with E-state index in [0.717, 1.165) is 24.5 Å². The maximum absolute atomic E-state index is 12.3. The van der Waals surface area contributed by atoms with Crippen molar-refractivity contribution in [1.29, 1.82) is 0 Å². The van der Waals surface area contributed by atoms with Gasteiger partial charge in [-0.3, -0.25) is 4.79 Å². The molecule has 4 heteroatoms. The minimum absolute atomic E-state index is 0.0331. The van der Waals surface area contributed by atoms with E-state index in [9.17, 15) is 4.79 Å². The van der Waals surface area contributed by atoms with Gasteiger partial charge in [0, 0.05) is 30.2 Å². The molecule has 4 nitrogen and oxygen atoms in total. The van der Waals surface area contributed by atoms with Crippen molar-refractivity contribution in [1.82, 2.24) is 0 Å². The lowest BCUT2D eigenvalue weighted by Gasteiger charge is -2.28. The van der Waals surface area contributed by atoms with Crippen molar-refractivity contribution in [3.63, 3.8) is 0 Å². The number of nitrogens with one attached hydrogen (secondary N) is 2. The number of para-hydroxylation sites is 1. The summed E-state index contributed by atoms with van der Waals surface area (Å²) in [5.74, 6) is 0.387. The summed E-state index contributed by atoms with van der Waals surface area (Å²) in [6.45, 7) is 6.84. The van der Waals surface area contributed by atoms with E-state index in [0.29, 0.717) is 5.92 Å². The van der Waals surface area contributed by atoms with Crippen LogP contribution in [0.4, 0.5) is 17.1 Å². The second kappa shape index (κ2) is 8.75. The Kier molecular flexibility index (Phi) is 6.16. The maximum atomic E-state index is 12.3. The van der Waals surface area contributed by atoms with E-state index in [1.807, 2.05) is 30.3 Å². The smallest absolute Gasteiger partial charge is 0.243 e. The van der Waals surface area contributed by atoms with Gasteiger partial charge in [-0.2, -0.15) is 0 Å². The number of anilines is 3. The van der Waals surface area contributed by atoms with E-state index in [1.165, 1.54) is 30.5 Å². The molecule has 0 atom stereocenters. The summed E-state index contributed by atoms with van der Waals surface area (Å²) in [6.07, 6.45) is 3.86. The van der Waals surface area contributed by atoms with Crippen molar-refractivity contribution in [2.24, 2.45) is 0 Å². The predicted molar refractivity (Wildman–Crippen MR) is 110 cm³/mol.